The van der Waals surface area contributed by atoms with E-state index in [1.807, 2.05) is 0 Å². The van der Waals surface area contributed by atoms with Crippen molar-refractivity contribution in [1.82, 2.24) is 0 Å². The summed E-state index contributed by atoms with van der Waals surface area (Å²) in [4.78, 5) is 13.0. The van der Waals surface area contributed by atoms with Crippen LogP contribution in [-0.2, 0) is 4.79 Å². The Hall–Kier alpha value is -0.340. The molecule has 5 aliphatic carbocycles. The summed E-state index contributed by atoms with van der Waals surface area (Å²) in [5.74, 6) is 2.65. The molecule has 3 heteroatoms. The lowest BCUT2D eigenvalue weighted by molar-refractivity contribution is -0.245. The molecule has 0 spiro atoms. The number of aliphatic hydroxyl groups excluding tert-OH is 1. The second kappa shape index (κ2) is 7.34. The molecule has 0 saturated heterocycles. The zero-order valence-electron chi connectivity index (χ0n) is 22.0. The molecule has 0 radical (unpaired) electrons. The van der Waals surface area contributed by atoms with Crippen molar-refractivity contribution in [2.24, 2.45) is 56.7 Å². The van der Waals surface area contributed by atoms with Crippen LogP contribution in [0.25, 0.3) is 0 Å². The monoisotopic (exact) mass is 474 g/mol. The van der Waals surface area contributed by atoms with Gasteiger partial charge >= 0.3 is 0 Å². The fourth-order valence-corrected chi connectivity index (χ4v) is 11.8. The van der Waals surface area contributed by atoms with Gasteiger partial charge in [-0.15, -0.1) is 0 Å². The number of halogens is 1. The average Bonchev–Trinajstić information content (AvgIpc) is 3.13. The van der Waals surface area contributed by atoms with Gasteiger partial charge < -0.3 is 5.11 Å². The van der Waals surface area contributed by atoms with E-state index in [2.05, 4.69) is 48.1 Å². The van der Waals surface area contributed by atoms with Gasteiger partial charge in [-0.05, 0) is 134 Å². The summed E-state index contributed by atoms with van der Waals surface area (Å²) < 4.78 is 0. The van der Waals surface area contributed by atoms with E-state index in [1.54, 1.807) is 0 Å². The Balaban J connectivity index is 1.57. The molecule has 10 atom stereocenters. The zero-order chi connectivity index (χ0) is 24.2. The summed E-state index contributed by atoms with van der Waals surface area (Å²) >= 11 is 6.43. The Morgan fingerprint density at radius 3 is 2.18 bits per heavy atom. The largest absolute Gasteiger partial charge is 0.393 e. The fraction of sp³-hybridized carbons (Fsp3) is 0.900. The van der Waals surface area contributed by atoms with E-state index < -0.39 is 0 Å². The highest BCUT2D eigenvalue weighted by atomic mass is 35.5. The Morgan fingerprint density at radius 1 is 0.848 bits per heavy atom. The maximum Gasteiger partial charge on any atom is 0.228 e. The van der Waals surface area contributed by atoms with Crippen LogP contribution in [0.3, 0.4) is 0 Å². The van der Waals surface area contributed by atoms with E-state index in [1.165, 1.54) is 31.3 Å². The minimum absolute atomic E-state index is 0.00462. The van der Waals surface area contributed by atoms with E-state index in [4.69, 9.17) is 11.6 Å². The van der Waals surface area contributed by atoms with Crippen LogP contribution in [0.5, 0.6) is 0 Å². The number of fused-ring (bicyclic) bond motifs is 7. The summed E-state index contributed by atoms with van der Waals surface area (Å²) in [6.45, 7) is 19.0. The molecule has 1 N–H and O–H groups in total. The minimum Gasteiger partial charge on any atom is -0.393 e. The molecule has 5 rings (SSSR count). The van der Waals surface area contributed by atoms with Gasteiger partial charge in [0.2, 0.25) is 5.24 Å². The second-order valence-electron chi connectivity index (χ2n) is 14.5. The number of carbonyl (C=O) groups is 1. The van der Waals surface area contributed by atoms with Crippen molar-refractivity contribution in [3.63, 3.8) is 0 Å². The van der Waals surface area contributed by atoms with Gasteiger partial charge in [0.25, 0.3) is 0 Å². The minimum atomic E-state index is -0.323. The maximum atomic E-state index is 13.0. The molecular weight excluding hydrogens is 428 g/mol. The van der Waals surface area contributed by atoms with Crippen molar-refractivity contribution in [3.05, 3.63) is 12.2 Å². The van der Waals surface area contributed by atoms with E-state index >= 15 is 0 Å². The average molecular weight is 475 g/mol. The Labute approximate surface area is 207 Å². The lowest BCUT2D eigenvalue weighted by atomic mass is 9.32. The van der Waals surface area contributed by atoms with Crippen LogP contribution in [0.15, 0.2) is 12.2 Å². The molecule has 4 unspecified atom stereocenters. The summed E-state index contributed by atoms with van der Waals surface area (Å²) in [6, 6.07) is 0. The van der Waals surface area contributed by atoms with Crippen LogP contribution in [0.2, 0.25) is 0 Å². The third-order valence-corrected chi connectivity index (χ3v) is 13.8. The van der Waals surface area contributed by atoms with Gasteiger partial charge in [-0.1, -0.05) is 46.8 Å². The van der Waals surface area contributed by atoms with E-state index in [-0.39, 0.29) is 33.0 Å². The Bertz CT molecular complexity index is 863. The fourth-order valence-electron chi connectivity index (χ4n) is 11.5. The number of allylic oxidation sites excluding steroid dienone is 1. The molecule has 2 nitrogen and oxygen atoms in total. The lowest BCUT2D eigenvalue weighted by Crippen LogP contribution is -2.67. The highest BCUT2D eigenvalue weighted by molar-refractivity contribution is 6.64. The number of carbonyl (C=O) groups excluding carboxylic acids is 1. The molecule has 0 bridgehead atoms. The van der Waals surface area contributed by atoms with Gasteiger partial charge in [0.1, 0.15) is 0 Å². The van der Waals surface area contributed by atoms with Crippen molar-refractivity contribution >= 4 is 16.8 Å². The predicted octanol–water partition coefficient (Wildman–Crippen LogP) is 7.77. The van der Waals surface area contributed by atoms with E-state index in [0.717, 1.165) is 38.5 Å². The van der Waals surface area contributed by atoms with Crippen molar-refractivity contribution < 1.29 is 9.90 Å². The van der Waals surface area contributed by atoms with Crippen LogP contribution in [-0.4, -0.2) is 16.5 Å². The molecule has 0 aliphatic heterocycles. The number of hydrogen-bond donors (Lipinski definition) is 1. The van der Waals surface area contributed by atoms with E-state index in [9.17, 15) is 9.90 Å². The van der Waals surface area contributed by atoms with Crippen LogP contribution in [0, 0.1) is 56.7 Å². The number of aliphatic hydroxyl groups is 1. The number of hydrogen-bond acceptors (Lipinski definition) is 2. The van der Waals surface area contributed by atoms with Gasteiger partial charge in [0.15, 0.2) is 0 Å². The summed E-state index contributed by atoms with van der Waals surface area (Å²) in [7, 11) is 0. The van der Waals surface area contributed by atoms with Crippen LogP contribution >= 0.6 is 11.6 Å². The smallest absolute Gasteiger partial charge is 0.228 e. The Morgan fingerprint density at radius 2 is 1.55 bits per heavy atom. The van der Waals surface area contributed by atoms with Crippen LogP contribution in [0.1, 0.15) is 106 Å². The molecule has 0 aromatic heterocycles. The second-order valence-corrected chi connectivity index (χ2v) is 14.8. The highest BCUT2D eigenvalue weighted by Gasteiger charge is 2.71. The third-order valence-electron chi connectivity index (χ3n) is 13.4. The maximum absolute atomic E-state index is 13.0. The molecule has 0 heterocycles. The normalized spacial score (nSPS) is 55.0. The molecule has 5 saturated carbocycles. The topological polar surface area (TPSA) is 37.3 Å². The standard InChI is InChI=1S/C30H47ClO2/c1-18(2)19-10-15-30(25(31)33)17-16-28(6)20(24(19)30)8-9-22-27(5)13-12-23(32)26(3,4)21(27)11-14-29(22,28)7/h19-24,32H,1,8-17H2,2-7H3/t19?,20-,21+,22-,23?,24?,27+,28-,29-,30?/m1/s1. The molecule has 0 aromatic rings. The SMILES string of the molecule is C=C(C)C1CCC2(C(=O)Cl)CC[C@]3(C)[C@H](CC[C@@H]4[C@@]5(C)CCC(O)C(C)(C)[C@@H]5CC[C@]43C)C12. The van der Waals surface area contributed by atoms with Crippen molar-refractivity contribution in [2.75, 3.05) is 0 Å². The highest BCUT2D eigenvalue weighted by Crippen LogP contribution is 2.77. The first-order chi connectivity index (χ1) is 15.3. The predicted molar refractivity (Wildman–Crippen MR) is 136 cm³/mol. The molecule has 5 aliphatic rings. The first-order valence-corrected chi connectivity index (χ1v) is 14.2. The van der Waals surface area contributed by atoms with Crippen molar-refractivity contribution in [1.29, 1.82) is 0 Å². The molecule has 0 amide bonds. The zero-order valence-corrected chi connectivity index (χ0v) is 22.7. The number of rotatable bonds is 2. The molecular formula is C30H47ClO2. The third kappa shape index (κ3) is 2.86. The molecule has 33 heavy (non-hydrogen) atoms. The van der Waals surface area contributed by atoms with Crippen molar-refractivity contribution in [3.8, 4) is 0 Å². The van der Waals surface area contributed by atoms with Crippen molar-refractivity contribution in [2.45, 2.75) is 112 Å². The Kier molecular flexibility index (Phi) is 5.42. The molecule has 0 aromatic carbocycles. The van der Waals surface area contributed by atoms with Gasteiger partial charge in [-0.2, -0.15) is 0 Å². The van der Waals surface area contributed by atoms with Gasteiger partial charge in [0, 0.05) is 5.41 Å². The lowest BCUT2D eigenvalue weighted by Gasteiger charge is -2.72. The van der Waals surface area contributed by atoms with Gasteiger partial charge in [-0.25, -0.2) is 0 Å². The molecule has 186 valence electrons. The van der Waals surface area contributed by atoms with Crippen LogP contribution in [0.4, 0.5) is 0 Å². The summed E-state index contributed by atoms with van der Waals surface area (Å²) in [6.07, 6.45) is 11.0. The quantitative estimate of drug-likeness (QED) is 0.327. The van der Waals surface area contributed by atoms with Gasteiger partial charge in [-0.3, -0.25) is 4.79 Å². The van der Waals surface area contributed by atoms with E-state index in [0.29, 0.717) is 35.0 Å². The summed E-state index contributed by atoms with van der Waals surface area (Å²) in [5, 5.41) is 10.8. The van der Waals surface area contributed by atoms with Gasteiger partial charge in [0.05, 0.1) is 6.10 Å². The summed E-state index contributed by atoms with van der Waals surface area (Å²) in [5.41, 5.74) is 1.75. The first kappa shape index (κ1) is 24.4. The van der Waals surface area contributed by atoms with Crippen LogP contribution < -0.4 is 0 Å². The molecule has 5 fully saturated rings. The first-order valence-electron chi connectivity index (χ1n) is 13.8.